The summed E-state index contributed by atoms with van der Waals surface area (Å²) in [6, 6.07) is 1.89. The first-order valence-electron chi connectivity index (χ1n) is 6.02. The number of aromatic nitrogens is 2. The van der Waals surface area contributed by atoms with Crippen molar-refractivity contribution >= 4 is 17.4 Å². The van der Waals surface area contributed by atoms with Gasteiger partial charge in [-0.3, -0.25) is 0 Å². The fraction of sp³-hybridized carbons (Fsp3) is 0.667. The summed E-state index contributed by atoms with van der Waals surface area (Å²) in [5, 5.41) is 0.589. The maximum absolute atomic E-state index is 6.06. The van der Waals surface area contributed by atoms with Crippen LogP contribution in [0.3, 0.4) is 0 Å². The Labute approximate surface area is 101 Å². The van der Waals surface area contributed by atoms with E-state index in [0.29, 0.717) is 11.1 Å². The van der Waals surface area contributed by atoms with Crippen molar-refractivity contribution in [3.05, 3.63) is 17.0 Å². The lowest BCUT2D eigenvalue weighted by Gasteiger charge is -2.17. The van der Waals surface area contributed by atoms with Gasteiger partial charge < -0.3 is 4.90 Å². The van der Waals surface area contributed by atoms with Crippen molar-refractivity contribution in [2.45, 2.75) is 32.1 Å². The minimum atomic E-state index is 0.567. The second-order valence-electron chi connectivity index (χ2n) is 5.02. The highest BCUT2D eigenvalue weighted by molar-refractivity contribution is 6.29. The van der Waals surface area contributed by atoms with E-state index in [9.17, 15) is 0 Å². The van der Waals surface area contributed by atoms with Crippen molar-refractivity contribution in [1.82, 2.24) is 9.97 Å². The average molecular weight is 238 g/mol. The molecule has 4 heteroatoms. The topological polar surface area (TPSA) is 29.0 Å². The molecule has 1 saturated carbocycles. The molecule has 1 atom stereocenters. The fourth-order valence-corrected chi connectivity index (χ4v) is 2.44. The molecule has 1 aromatic rings. The van der Waals surface area contributed by atoms with Gasteiger partial charge in [0.15, 0.2) is 0 Å². The van der Waals surface area contributed by atoms with Crippen LogP contribution in [0.5, 0.6) is 0 Å². The zero-order valence-electron chi connectivity index (χ0n) is 9.49. The van der Waals surface area contributed by atoms with E-state index >= 15 is 0 Å². The summed E-state index contributed by atoms with van der Waals surface area (Å²) in [6.07, 6.45) is 3.69. The van der Waals surface area contributed by atoms with E-state index in [1.807, 2.05) is 6.07 Å². The predicted molar refractivity (Wildman–Crippen MR) is 65.0 cm³/mol. The van der Waals surface area contributed by atoms with Crippen LogP contribution in [0.1, 0.15) is 37.9 Å². The van der Waals surface area contributed by atoms with Gasteiger partial charge in [-0.25, -0.2) is 9.97 Å². The molecule has 2 aliphatic rings. The standard InChI is InChI=1S/C12H16ClN3/c1-8-4-5-16(7-8)11-6-10(13)14-12(15-11)9-2-3-9/h6,8-9H,2-5,7H2,1H3. The molecule has 0 spiro atoms. The summed E-state index contributed by atoms with van der Waals surface area (Å²) in [7, 11) is 0. The van der Waals surface area contributed by atoms with Gasteiger partial charge in [0.25, 0.3) is 0 Å². The second kappa shape index (κ2) is 3.88. The third kappa shape index (κ3) is 2.01. The van der Waals surface area contributed by atoms with Gasteiger partial charge in [0, 0.05) is 25.1 Å². The summed E-state index contributed by atoms with van der Waals surface area (Å²) in [6.45, 7) is 4.47. The minimum Gasteiger partial charge on any atom is -0.356 e. The molecule has 3 rings (SSSR count). The Hall–Kier alpha value is -0.830. The van der Waals surface area contributed by atoms with Crippen molar-refractivity contribution < 1.29 is 0 Å². The van der Waals surface area contributed by atoms with Crippen LogP contribution in [-0.2, 0) is 0 Å². The summed E-state index contributed by atoms with van der Waals surface area (Å²) in [5.74, 6) is 3.30. The third-order valence-electron chi connectivity index (χ3n) is 3.39. The minimum absolute atomic E-state index is 0.567. The number of anilines is 1. The van der Waals surface area contributed by atoms with Crippen LogP contribution in [0.15, 0.2) is 6.07 Å². The van der Waals surface area contributed by atoms with Crippen LogP contribution in [0.2, 0.25) is 5.15 Å². The highest BCUT2D eigenvalue weighted by Crippen LogP contribution is 2.39. The Morgan fingerprint density at radius 2 is 2.12 bits per heavy atom. The molecule has 0 aromatic carbocycles. The third-order valence-corrected chi connectivity index (χ3v) is 3.58. The fourth-order valence-electron chi connectivity index (χ4n) is 2.25. The zero-order chi connectivity index (χ0) is 11.1. The Kier molecular flexibility index (Phi) is 2.51. The highest BCUT2D eigenvalue weighted by atomic mass is 35.5. The van der Waals surface area contributed by atoms with Crippen LogP contribution in [-0.4, -0.2) is 23.1 Å². The first-order chi connectivity index (χ1) is 7.72. The van der Waals surface area contributed by atoms with E-state index in [-0.39, 0.29) is 0 Å². The van der Waals surface area contributed by atoms with Crippen molar-refractivity contribution in [2.75, 3.05) is 18.0 Å². The first-order valence-corrected chi connectivity index (χ1v) is 6.39. The SMILES string of the molecule is CC1CCN(c2cc(Cl)nc(C3CC3)n2)C1. The molecule has 1 unspecified atom stereocenters. The second-order valence-corrected chi connectivity index (χ2v) is 5.41. The van der Waals surface area contributed by atoms with Crippen LogP contribution < -0.4 is 4.90 Å². The smallest absolute Gasteiger partial charge is 0.135 e. The zero-order valence-corrected chi connectivity index (χ0v) is 10.2. The number of hydrogen-bond donors (Lipinski definition) is 0. The lowest BCUT2D eigenvalue weighted by atomic mass is 10.2. The summed E-state index contributed by atoms with van der Waals surface area (Å²) in [5.41, 5.74) is 0. The molecule has 1 aliphatic heterocycles. The van der Waals surface area contributed by atoms with Gasteiger partial charge >= 0.3 is 0 Å². The maximum atomic E-state index is 6.06. The Morgan fingerprint density at radius 1 is 1.31 bits per heavy atom. The van der Waals surface area contributed by atoms with Gasteiger partial charge in [-0.1, -0.05) is 18.5 Å². The van der Waals surface area contributed by atoms with Gasteiger partial charge in [-0.15, -0.1) is 0 Å². The van der Waals surface area contributed by atoms with Crippen molar-refractivity contribution in [3.8, 4) is 0 Å². The van der Waals surface area contributed by atoms with Crippen molar-refractivity contribution in [3.63, 3.8) is 0 Å². The normalized spacial score (nSPS) is 25.1. The van der Waals surface area contributed by atoms with Crippen LogP contribution in [0, 0.1) is 5.92 Å². The molecule has 0 radical (unpaired) electrons. The van der Waals surface area contributed by atoms with Crippen molar-refractivity contribution in [1.29, 1.82) is 0 Å². The summed E-state index contributed by atoms with van der Waals surface area (Å²) < 4.78 is 0. The lowest BCUT2D eigenvalue weighted by molar-refractivity contribution is 0.658. The lowest BCUT2D eigenvalue weighted by Crippen LogP contribution is -2.21. The monoisotopic (exact) mass is 237 g/mol. The molecule has 86 valence electrons. The molecule has 1 aromatic heterocycles. The van der Waals surface area contributed by atoms with E-state index in [2.05, 4.69) is 21.8 Å². The Balaban J connectivity index is 1.88. The maximum Gasteiger partial charge on any atom is 0.135 e. The predicted octanol–water partition coefficient (Wildman–Crippen LogP) is 2.85. The van der Waals surface area contributed by atoms with E-state index < -0.39 is 0 Å². The van der Waals surface area contributed by atoms with Gasteiger partial charge in [0.2, 0.25) is 0 Å². The summed E-state index contributed by atoms with van der Waals surface area (Å²) in [4.78, 5) is 11.3. The highest BCUT2D eigenvalue weighted by Gasteiger charge is 2.28. The van der Waals surface area contributed by atoms with E-state index in [1.54, 1.807) is 0 Å². The molecule has 0 N–H and O–H groups in total. The molecule has 0 bridgehead atoms. The van der Waals surface area contributed by atoms with Gasteiger partial charge in [-0.05, 0) is 25.2 Å². The molecule has 16 heavy (non-hydrogen) atoms. The molecular formula is C12H16ClN3. The Morgan fingerprint density at radius 3 is 2.75 bits per heavy atom. The molecule has 2 fully saturated rings. The molecule has 2 heterocycles. The van der Waals surface area contributed by atoms with Crippen LogP contribution >= 0.6 is 11.6 Å². The van der Waals surface area contributed by atoms with E-state index in [0.717, 1.165) is 30.6 Å². The molecular weight excluding hydrogens is 222 g/mol. The van der Waals surface area contributed by atoms with Gasteiger partial charge in [-0.2, -0.15) is 0 Å². The Bertz CT molecular complexity index is 403. The van der Waals surface area contributed by atoms with Gasteiger partial charge in [0.1, 0.15) is 16.8 Å². The van der Waals surface area contributed by atoms with Crippen LogP contribution in [0.25, 0.3) is 0 Å². The van der Waals surface area contributed by atoms with Gasteiger partial charge in [0.05, 0.1) is 0 Å². The number of halogens is 1. The van der Waals surface area contributed by atoms with E-state index in [1.165, 1.54) is 19.3 Å². The largest absolute Gasteiger partial charge is 0.356 e. The number of rotatable bonds is 2. The molecule has 0 amide bonds. The first kappa shape index (κ1) is 10.3. The van der Waals surface area contributed by atoms with E-state index in [4.69, 9.17) is 11.6 Å². The van der Waals surface area contributed by atoms with Crippen molar-refractivity contribution in [2.24, 2.45) is 5.92 Å². The molecule has 1 saturated heterocycles. The van der Waals surface area contributed by atoms with Crippen LogP contribution in [0.4, 0.5) is 5.82 Å². The average Bonchev–Trinajstić information content (AvgIpc) is 3.01. The summed E-state index contributed by atoms with van der Waals surface area (Å²) >= 11 is 6.06. The molecule has 3 nitrogen and oxygen atoms in total. The quantitative estimate of drug-likeness (QED) is 0.741. The number of nitrogens with zero attached hydrogens (tertiary/aromatic N) is 3. The molecule has 1 aliphatic carbocycles. The number of hydrogen-bond acceptors (Lipinski definition) is 3.